The first kappa shape index (κ1) is 92.8. The number of nitrogens with zero attached hydrogens (tertiary/aromatic N) is 3. The van der Waals surface area contributed by atoms with Crippen LogP contribution in [0.15, 0.2) is 152 Å². The highest BCUT2D eigenvalue weighted by atomic mass is 35.5. The molecule has 3 amide bonds. The van der Waals surface area contributed by atoms with E-state index in [0.29, 0.717) is 111 Å². The smallest absolute Gasteiger partial charge is 0.348 e. The van der Waals surface area contributed by atoms with E-state index in [2.05, 4.69) is 0 Å². The number of ether oxygens (including phenoxy) is 6. The Morgan fingerprint density at radius 2 is 0.554 bits per heavy atom. The molecule has 3 atom stereocenters. The standard InChI is InChI=1S/C25H24ClNO5S.C21H15Cl2NO4S.C21H16ClNO5S.C10H11ClO3S.C10H12O4S/c1-14(28)31-19-11-18-22(17-8-6-5-7-16(17)19)15(12-26)13-27(18)23(29)20-9-10-21(33-20)24(30)32-25(2,3)4;1-11(25)28-16-8-15-19(14-5-3-2-4-13(14)16)12(9-22)10-24(15)21(27)18-7-6-17(29-18)20(23)26;1-11(24)28-16-8-15-19(14-5-3-2-4-13(14)16)12(9-22)10-23(15)20(25)17-6-7-18(29-17)21(26)27;2*1-10(2,3)14-9(13)7-5-4-6(15-7)8(11)12/h5-11,15H,12-13H2,1-4H3;2-8,12H,9-10H2,1H3;2-8,12H,9-10H2,1H3,(H,26,27);4-5H,1-3H3;4-5H,1-3H3,(H,11,12)/t15-;2*12-;;/m111../s1. The molecule has 2 N–H and O–H groups in total. The largest absolute Gasteiger partial charge is 0.477 e. The van der Waals surface area contributed by atoms with Gasteiger partial charge in [-0.1, -0.05) is 72.8 Å². The Kier molecular flexibility index (Phi) is 30.1. The number of fused-ring (bicyclic) bond motifs is 9. The molecular formula is C87H78Cl5N3O21S5. The molecule has 3 aliphatic heterocycles. The fraction of sp³-hybridized carbons (Fsp3) is 0.276. The molecule has 34 heteroatoms. The maximum absolute atomic E-state index is 13.5. The van der Waals surface area contributed by atoms with Crippen molar-refractivity contribution in [1.29, 1.82) is 0 Å². The minimum atomic E-state index is -1.07. The summed E-state index contributed by atoms with van der Waals surface area (Å²) in [4.78, 5) is 162. The number of thiophene rings is 5. The quantitative estimate of drug-likeness (QED) is 0.0298. The first-order chi connectivity index (χ1) is 57.0. The number of alkyl halides is 3. The number of aromatic carboxylic acids is 2. The third-order valence-corrected chi connectivity index (χ3v) is 24.8. The minimum Gasteiger partial charge on any atom is -0.477 e. The van der Waals surface area contributed by atoms with E-state index in [4.69, 9.17) is 96.6 Å². The average molecular weight is 1840 g/mol. The number of anilines is 3. The summed E-state index contributed by atoms with van der Waals surface area (Å²) in [7, 11) is 0. The summed E-state index contributed by atoms with van der Waals surface area (Å²) in [5.74, 6) is -3.71. The maximum Gasteiger partial charge on any atom is 0.348 e. The first-order valence-electron chi connectivity index (χ1n) is 36.9. The van der Waals surface area contributed by atoms with Crippen LogP contribution in [0.5, 0.6) is 17.2 Å². The van der Waals surface area contributed by atoms with Crippen LogP contribution in [-0.2, 0) is 28.6 Å². The third-order valence-electron chi connectivity index (χ3n) is 17.7. The normalized spacial score (nSPS) is 14.4. The van der Waals surface area contributed by atoms with Crippen LogP contribution in [0.4, 0.5) is 17.1 Å². The number of rotatable bonds is 16. The van der Waals surface area contributed by atoms with Crippen LogP contribution in [0.1, 0.15) is 214 Å². The lowest BCUT2D eigenvalue weighted by Gasteiger charge is -2.19. The molecule has 6 aromatic carbocycles. The van der Waals surface area contributed by atoms with Crippen molar-refractivity contribution >= 4 is 240 Å². The van der Waals surface area contributed by atoms with Gasteiger partial charge in [-0.15, -0.1) is 91.5 Å². The number of hydrogen-bond acceptors (Lipinski definition) is 24. The second-order valence-electron chi connectivity index (χ2n) is 30.1. The molecule has 0 saturated carbocycles. The van der Waals surface area contributed by atoms with Gasteiger partial charge in [0.2, 0.25) is 0 Å². The summed E-state index contributed by atoms with van der Waals surface area (Å²) in [6.07, 6.45) is 0. The van der Waals surface area contributed by atoms with E-state index >= 15 is 0 Å². The summed E-state index contributed by atoms with van der Waals surface area (Å²) >= 11 is 34.6. The zero-order chi connectivity index (χ0) is 88.6. The lowest BCUT2D eigenvalue weighted by atomic mass is 9.95. The van der Waals surface area contributed by atoms with Crippen molar-refractivity contribution < 1.29 is 101 Å². The number of benzene rings is 6. The van der Waals surface area contributed by atoms with Crippen molar-refractivity contribution in [2.75, 3.05) is 52.0 Å². The predicted molar refractivity (Wildman–Crippen MR) is 473 cm³/mol. The Bertz CT molecular complexity index is 5660. The van der Waals surface area contributed by atoms with Crippen LogP contribution < -0.4 is 28.9 Å². The highest BCUT2D eigenvalue weighted by Crippen LogP contribution is 2.50. The number of carbonyl (C=O) groups is 13. The van der Waals surface area contributed by atoms with E-state index < -0.39 is 75.0 Å². The van der Waals surface area contributed by atoms with Crippen LogP contribution in [0.25, 0.3) is 32.3 Å². The predicted octanol–water partition coefficient (Wildman–Crippen LogP) is 20.9. The van der Waals surface area contributed by atoms with Crippen LogP contribution in [0.3, 0.4) is 0 Å². The van der Waals surface area contributed by atoms with E-state index in [1.165, 1.54) is 63.2 Å². The van der Waals surface area contributed by atoms with Gasteiger partial charge in [0, 0.05) is 110 Å². The Morgan fingerprint density at radius 3 is 0.777 bits per heavy atom. The molecule has 11 aromatic rings. The van der Waals surface area contributed by atoms with Crippen molar-refractivity contribution in [3.63, 3.8) is 0 Å². The molecule has 24 nitrogen and oxygen atoms in total. The lowest BCUT2D eigenvalue weighted by molar-refractivity contribution is -0.132. The Labute approximate surface area is 739 Å². The molecule has 0 saturated heterocycles. The molecule has 0 unspecified atom stereocenters. The van der Waals surface area contributed by atoms with Crippen molar-refractivity contribution in [1.82, 2.24) is 0 Å². The van der Waals surface area contributed by atoms with Crippen molar-refractivity contribution in [2.45, 2.75) is 118 Å². The van der Waals surface area contributed by atoms with Gasteiger partial charge >= 0.3 is 47.8 Å². The summed E-state index contributed by atoms with van der Waals surface area (Å²) in [5.41, 5.74) is 3.04. The molecule has 0 fully saturated rings. The van der Waals surface area contributed by atoms with E-state index in [9.17, 15) is 62.3 Å². The summed E-state index contributed by atoms with van der Waals surface area (Å²) in [6.45, 7) is 21.2. The zero-order valence-electron chi connectivity index (χ0n) is 66.8. The molecular weight excluding hydrogens is 1760 g/mol. The van der Waals surface area contributed by atoms with E-state index in [0.717, 1.165) is 106 Å². The molecule has 121 heavy (non-hydrogen) atoms. The minimum absolute atomic E-state index is 0.0685. The molecule has 8 heterocycles. The van der Waals surface area contributed by atoms with Gasteiger partial charge in [-0.3, -0.25) is 38.4 Å². The molecule has 0 aliphatic carbocycles. The van der Waals surface area contributed by atoms with Gasteiger partial charge < -0.3 is 53.3 Å². The van der Waals surface area contributed by atoms with Gasteiger partial charge in [0.25, 0.3) is 28.2 Å². The van der Waals surface area contributed by atoms with E-state index in [-0.39, 0.29) is 45.2 Å². The van der Waals surface area contributed by atoms with Gasteiger partial charge in [0.1, 0.15) is 58.4 Å². The highest BCUT2D eigenvalue weighted by Gasteiger charge is 2.40. The van der Waals surface area contributed by atoms with E-state index in [1.54, 1.807) is 113 Å². The molecule has 0 radical (unpaired) electrons. The van der Waals surface area contributed by atoms with Crippen molar-refractivity contribution in [3.8, 4) is 17.2 Å². The molecule has 3 aliphatic rings. The Morgan fingerprint density at radius 1 is 0.339 bits per heavy atom. The topological polar surface area (TPSA) is 327 Å². The maximum atomic E-state index is 13.5. The number of amides is 3. The fourth-order valence-corrected chi connectivity index (χ4v) is 18.1. The summed E-state index contributed by atoms with van der Waals surface area (Å²) in [5, 5.41) is 21.7. The third kappa shape index (κ3) is 22.7. The summed E-state index contributed by atoms with van der Waals surface area (Å²) in [6, 6.07) is 43.0. The van der Waals surface area contributed by atoms with Crippen LogP contribution in [0.2, 0.25) is 0 Å². The van der Waals surface area contributed by atoms with Crippen molar-refractivity contribution in [3.05, 3.63) is 217 Å². The van der Waals surface area contributed by atoms with Gasteiger partial charge in [0.15, 0.2) is 0 Å². The molecule has 5 aromatic heterocycles. The van der Waals surface area contributed by atoms with Gasteiger partial charge in [0.05, 0.1) is 41.4 Å². The second kappa shape index (κ2) is 39.2. The Hall–Kier alpha value is -10.4. The number of carboxylic acids is 2. The fourth-order valence-electron chi connectivity index (χ4n) is 13.1. The second-order valence-corrected chi connectivity index (χ2v) is 37.2. The van der Waals surface area contributed by atoms with E-state index in [1.807, 2.05) is 72.8 Å². The van der Waals surface area contributed by atoms with Gasteiger partial charge in [-0.2, -0.15) is 0 Å². The lowest BCUT2D eigenvalue weighted by Crippen LogP contribution is -2.29. The van der Waals surface area contributed by atoms with Crippen LogP contribution in [0, 0.1) is 0 Å². The SMILES string of the molecule is CC(=O)Oc1cc2c(c3ccccc13)[C@H](CCl)CN2C(=O)c1ccc(C(=O)Cl)s1.CC(=O)Oc1cc2c(c3ccccc13)[C@H](CCl)CN2C(=O)c1ccc(C(=O)O)s1.CC(=O)Oc1cc2c(c3ccccc13)[C@H](CCl)CN2C(=O)c1ccc(C(=O)OC(C)(C)C)s1.CC(C)(C)OC(=O)c1ccc(C(=O)Cl)s1.CC(C)(C)OC(=O)c1ccc(C(=O)O)s1. The van der Waals surface area contributed by atoms with Gasteiger partial charge in [-0.05, 0) is 179 Å². The summed E-state index contributed by atoms with van der Waals surface area (Å²) < 4.78 is 31.9. The molecule has 0 spiro atoms. The average Bonchev–Trinajstić information content (AvgIpc) is 1.61. The Balaban J connectivity index is 0.000000164. The number of carboxylic acid groups (broad SMARTS) is 2. The molecule has 632 valence electrons. The van der Waals surface area contributed by atoms with Crippen LogP contribution in [-0.4, -0.2) is 140 Å². The number of hydrogen-bond donors (Lipinski definition) is 2. The number of esters is 6. The monoisotopic (exact) mass is 1840 g/mol. The highest BCUT2D eigenvalue weighted by molar-refractivity contribution is 7.18. The number of carbonyl (C=O) groups excluding carboxylic acids is 11. The molecule has 14 rings (SSSR count). The number of halogens is 5. The molecule has 0 bridgehead atoms. The van der Waals surface area contributed by atoms with Crippen LogP contribution >= 0.6 is 115 Å². The first-order valence-corrected chi connectivity index (χ1v) is 43.3. The van der Waals surface area contributed by atoms with Crippen molar-refractivity contribution in [2.24, 2.45) is 0 Å². The van der Waals surface area contributed by atoms with Gasteiger partial charge in [-0.25, -0.2) is 24.0 Å². The zero-order valence-corrected chi connectivity index (χ0v) is 74.7.